The van der Waals surface area contributed by atoms with E-state index in [1.165, 1.54) is 41.5 Å². The smallest absolute Gasteiger partial charge is 0.236 e. The zero-order chi connectivity index (χ0) is 27.9. The molecule has 3 aliphatic heterocycles. The van der Waals surface area contributed by atoms with Crippen molar-refractivity contribution in [3.8, 4) is 5.75 Å². The molecule has 6 heteroatoms. The van der Waals surface area contributed by atoms with Gasteiger partial charge in [0.25, 0.3) is 0 Å². The van der Waals surface area contributed by atoms with Gasteiger partial charge in [-0.3, -0.25) is 19.6 Å². The van der Waals surface area contributed by atoms with Gasteiger partial charge in [-0.15, -0.1) is 0 Å². The van der Waals surface area contributed by atoms with Crippen LogP contribution in [-0.2, 0) is 30.7 Å². The molecule has 216 valence electrons. The van der Waals surface area contributed by atoms with E-state index in [9.17, 15) is 4.79 Å². The average molecular weight is 553 g/mol. The van der Waals surface area contributed by atoms with Crippen LogP contribution in [0, 0.1) is 5.41 Å². The first-order valence-corrected chi connectivity index (χ1v) is 15.5. The number of likely N-dealkylation sites (tertiary alicyclic amines) is 1. The summed E-state index contributed by atoms with van der Waals surface area (Å²) < 4.78 is 6.33. The molecule has 6 nitrogen and oxygen atoms in total. The van der Waals surface area contributed by atoms with Gasteiger partial charge < -0.3 is 9.64 Å². The largest absolute Gasteiger partial charge is 0.492 e. The van der Waals surface area contributed by atoms with E-state index in [2.05, 4.69) is 74.3 Å². The first-order valence-electron chi connectivity index (χ1n) is 15.5. The van der Waals surface area contributed by atoms with Gasteiger partial charge in [-0.1, -0.05) is 55.0 Å². The fourth-order valence-corrected chi connectivity index (χ4v) is 7.09. The minimum absolute atomic E-state index is 0.224. The fraction of sp³-hybridized carbons (Fsp3) is 0.486. The highest BCUT2D eigenvalue weighted by Gasteiger charge is 2.37. The van der Waals surface area contributed by atoms with Gasteiger partial charge in [-0.25, -0.2) is 0 Å². The Morgan fingerprint density at radius 2 is 1.61 bits per heavy atom. The summed E-state index contributed by atoms with van der Waals surface area (Å²) in [6.07, 6.45) is 11.7. The molecule has 6 rings (SSSR count). The van der Waals surface area contributed by atoms with E-state index in [4.69, 9.17) is 4.74 Å². The Balaban J connectivity index is 1.11. The minimum Gasteiger partial charge on any atom is -0.492 e. The SMILES string of the molecule is O=C(CN1CCc2ccccc2C1)N1CCC2(CCCCc3ccccc3OCCN(Cc3cccnc3)C2)CC1. The van der Waals surface area contributed by atoms with Gasteiger partial charge >= 0.3 is 0 Å². The maximum absolute atomic E-state index is 13.4. The van der Waals surface area contributed by atoms with E-state index >= 15 is 0 Å². The number of hydrogen-bond donors (Lipinski definition) is 0. The Morgan fingerprint density at radius 1 is 0.805 bits per heavy atom. The van der Waals surface area contributed by atoms with Crippen LogP contribution in [0.4, 0.5) is 0 Å². The minimum atomic E-state index is 0.224. The van der Waals surface area contributed by atoms with Crippen LogP contribution >= 0.6 is 0 Å². The van der Waals surface area contributed by atoms with Gasteiger partial charge in [0, 0.05) is 58.2 Å². The van der Waals surface area contributed by atoms with Crippen molar-refractivity contribution in [1.29, 1.82) is 0 Å². The van der Waals surface area contributed by atoms with Crippen LogP contribution in [0.1, 0.15) is 54.4 Å². The van der Waals surface area contributed by atoms with E-state index in [1.54, 1.807) is 0 Å². The quantitative estimate of drug-likeness (QED) is 0.437. The highest BCUT2D eigenvalue weighted by molar-refractivity contribution is 5.78. The van der Waals surface area contributed by atoms with Crippen molar-refractivity contribution in [3.05, 3.63) is 95.3 Å². The van der Waals surface area contributed by atoms with Crippen LogP contribution in [-0.4, -0.2) is 71.5 Å². The molecular weight excluding hydrogens is 508 g/mol. The van der Waals surface area contributed by atoms with Crippen molar-refractivity contribution in [2.45, 2.75) is 58.0 Å². The second-order valence-corrected chi connectivity index (χ2v) is 12.3. The standard InChI is InChI=1S/C35H44N4O2/c40-34(27-37-19-14-30-9-1-2-12-32(30)26-37)39-20-16-35(17-21-39)15-6-5-11-31-10-3-4-13-33(31)41-23-22-38(28-35)25-29-8-7-18-36-24-29/h1-4,7-10,12-13,18,24H,5-6,11,14-17,19-23,25-28H2. The van der Waals surface area contributed by atoms with E-state index < -0.39 is 0 Å². The first-order chi connectivity index (χ1) is 20.2. The molecule has 3 aromatic rings. The second kappa shape index (κ2) is 13.2. The van der Waals surface area contributed by atoms with Gasteiger partial charge in [0.1, 0.15) is 12.4 Å². The predicted octanol–water partition coefficient (Wildman–Crippen LogP) is 5.36. The first kappa shape index (κ1) is 27.9. The topological polar surface area (TPSA) is 48.9 Å². The van der Waals surface area contributed by atoms with Crippen LogP contribution in [0.25, 0.3) is 0 Å². The van der Waals surface area contributed by atoms with Crippen molar-refractivity contribution < 1.29 is 9.53 Å². The number of ether oxygens (including phenoxy) is 1. The zero-order valence-corrected chi connectivity index (χ0v) is 24.3. The van der Waals surface area contributed by atoms with Gasteiger partial charge in [-0.05, 0) is 78.3 Å². The van der Waals surface area contributed by atoms with Crippen molar-refractivity contribution in [1.82, 2.24) is 19.7 Å². The summed E-state index contributed by atoms with van der Waals surface area (Å²) >= 11 is 0. The molecule has 0 atom stereocenters. The molecule has 1 saturated heterocycles. The normalized spacial score (nSPS) is 20.2. The Morgan fingerprint density at radius 3 is 2.44 bits per heavy atom. The number of aryl methyl sites for hydroxylation is 1. The summed E-state index contributed by atoms with van der Waals surface area (Å²) in [5.41, 5.74) is 5.59. The summed E-state index contributed by atoms with van der Waals surface area (Å²) in [7, 11) is 0. The number of amides is 1. The number of fused-ring (bicyclic) bond motifs is 2. The van der Waals surface area contributed by atoms with Gasteiger partial charge in [-0.2, -0.15) is 0 Å². The van der Waals surface area contributed by atoms with Gasteiger partial charge in [0.15, 0.2) is 0 Å². The number of carbonyl (C=O) groups is 1. The van der Waals surface area contributed by atoms with E-state index in [1.807, 2.05) is 18.5 Å². The van der Waals surface area contributed by atoms with Crippen molar-refractivity contribution in [3.63, 3.8) is 0 Å². The third kappa shape index (κ3) is 7.17. The van der Waals surface area contributed by atoms with Crippen LogP contribution in [0.3, 0.4) is 0 Å². The molecule has 4 heterocycles. The lowest BCUT2D eigenvalue weighted by atomic mass is 9.73. The summed E-state index contributed by atoms with van der Waals surface area (Å²) in [4.78, 5) is 24.9. The molecule has 0 radical (unpaired) electrons. The molecular formula is C35H44N4O2. The van der Waals surface area contributed by atoms with E-state index in [0.717, 1.165) is 77.2 Å². The van der Waals surface area contributed by atoms with Crippen molar-refractivity contribution >= 4 is 5.91 Å². The monoisotopic (exact) mass is 552 g/mol. The molecule has 0 saturated carbocycles. The molecule has 41 heavy (non-hydrogen) atoms. The fourth-order valence-electron chi connectivity index (χ4n) is 7.09. The van der Waals surface area contributed by atoms with E-state index in [-0.39, 0.29) is 5.41 Å². The van der Waals surface area contributed by atoms with Crippen molar-refractivity contribution in [2.24, 2.45) is 5.41 Å². The molecule has 0 unspecified atom stereocenters. The number of carbonyl (C=O) groups excluding carboxylic acids is 1. The molecule has 0 bridgehead atoms. The summed E-state index contributed by atoms with van der Waals surface area (Å²) in [5, 5.41) is 0. The zero-order valence-electron chi connectivity index (χ0n) is 24.3. The summed E-state index contributed by atoms with van der Waals surface area (Å²) in [5.74, 6) is 1.33. The number of benzene rings is 2. The number of pyridine rings is 1. The summed E-state index contributed by atoms with van der Waals surface area (Å²) in [6, 6.07) is 21.4. The second-order valence-electron chi connectivity index (χ2n) is 12.3. The molecule has 2 aromatic carbocycles. The number of aromatic nitrogens is 1. The Bertz CT molecular complexity index is 1290. The molecule has 1 spiro atoms. The highest BCUT2D eigenvalue weighted by Crippen LogP contribution is 2.39. The van der Waals surface area contributed by atoms with Crippen LogP contribution in [0.15, 0.2) is 73.1 Å². The number of nitrogens with zero attached hydrogens (tertiary/aromatic N) is 4. The number of hydrogen-bond acceptors (Lipinski definition) is 5. The predicted molar refractivity (Wildman–Crippen MR) is 163 cm³/mol. The average Bonchev–Trinajstić information content (AvgIpc) is 3.00. The number of rotatable bonds is 4. The third-order valence-electron chi connectivity index (χ3n) is 9.47. The summed E-state index contributed by atoms with van der Waals surface area (Å²) in [6.45, 7) is 7.58. The van der Waals surface area contributed by atoms with E-state index in [0.29, 0.717) is 19.1 Å². The highest BCUT2D eigenvalue weighted by atomic mass is 16.5. The lowest BCUT2D eigenvalue weighted by molar-refractivity contribution is -0.135. The number of piperidine rings is 1. The van der Waals surface area contributed by atoms with Gasteiger partial charge in [0.2, 0.25) is 5.91 Å². The molecule has 3 aliphatic rings. The Kier molecular flexibility index (Phi) is 8.97. The molecule has 0 N–H and O–H groups in total. The van der Waals surface area contributed by atoms with Crippen molar-refractivity contribution in [2.75, 3.05) is 45.9 Å². The lowest BCUT2D eigenvalue weighted by Gasteiger charge is -2.45. The van der Waals surface area contributed by atoms with Crippen LogP contribution < -0.4 is 4.74 Å². The molecule has 1 amide bonds. The Hall–Kier alpha value is -3.22. The maximum atomic E-state index is 13.4. The van der Waals surface area contributed by atoms with Crippen LogP contribution in [0.2, 0.25) is 0 Å². The Labute approximate surface area is 245 Å². The molecule has 0 aliphatic carbocycles. The lowest BCUT2D eigenvalue weighted by Crippen LogP contribution is -2.50. The molecule has 1 aromatic heterocycles. The number of para-hydroxylation sites is 1. The van der Waals surface area contributed by atoms with Crippen LogP contribution in [0.5, 0.6) is 5.75 Å². The van der Waals surface area contributed by atoms with Gasteiger partial charge in [0.05, 0.1) is 6.54 Å². The third-order valence-corrected chi connectivity index (χ3v) is 9.47. The molecule has 1 fully saturated rings. The maximum Gasteiger partial charge on any atom is 0.236 e.